The van der Waals surface area contributed by atoms with Crippen molar-refractivity contribution in [3.05, 3.63) is 53.6 Å². The first-order valence-electron chi connectivity index (χ1n) is 14.9. The van der Waals surface area contributed by atoms with E-state index in [1.165, 1.54) is 0 Å². The number of nitrogens with one attached hydrogen (secondary N) is 2. The highest BCUT2D eigenvalue weighted by molar-refractivity contribution is 5.85. The fourth-order valence-corrected chi connectivity index (χ4v) is 5.78. The minimum absolute atomic E-state index is 0. The van der Waals surface area contributed by atoms with E-state index in [0.717, 1.165) is 54.9 Å². The number of anilines is 1. The number of benzene rings is 2. The smallest absolute Gasteiger partial charge is 0.236 e. The van der Waals surface area contributed by atoms with Crippen molar-refractivity contribution in [2.24, 2.45) is 11.8 Å². The third kappa shape index (κ3) is 11.4. The number of halogens is 2. The van der Waals surface area contributed by atoms with Gasteiger partial charge in [0.25, 0.3) is 0 Å². The molecule has 240 valence electrons. The number of hydrogen-bond acceptors (Lipinski definition) is 7. The third-order valence-corrected chi connectivity index (χ3v) is 8.27. The molecule has 4 rings (SSSR count). The van der Waals surface area contributed by atoms with Crippen LogP contribution in [0.25, 0.3) is 0 Å². The van der Waals surface area contributed by atoms with Crippen LogP contribution < -0.4 is 20.3 Å². The van der Waals surface area contributed by atoms with Crippen molar-refractivity contribution < 1.29 is 19.4 Å². The van der Waals surface area contributed by atoms with E-state index in [1.54, 1.807) is 12.1 Å². The van der Waals surface area contributed by atoms with Gasteiger partial charge in [-0.15, -0.1) is 24.8 Å². The minimum atomic E-state index is 0. The molecule has 0 saturated carbocycles. The van der Waals surface area contributed by atoms with Gasteiger partial charge in [0.2, 0.25) is 11.8 Å². The molecule has 9 nitrogen and oxygen atoms in total. The summed E-state index contributed by atoms with van der Waals surface area (Å²) < 4.78 is 6.26. The topological polar surface area (TPSA) is 97.4 Å². The molecule has 0 unspecified atom stereocenters. The number of carbonyl (C=O) groups excluding carboxylic acids is 2. The number of ether oxygens (including phenoxy) is 1. The molecule has 0 radical (unpaired) electrons. The zero-order chi connectivity index (χ0) is 29.2. The summed E-state index contributed by atoms with van der Waals surface area (Å²) in [6.45, 7) is 5.27. The first-order chi connectivity index (χ1) is 19.8. The Kier molecular flexibility index (Phi) is 15.4. The molecule has 2 aromatic rings. The summed E-state index contributed by atoms with van der Waals surface area (Å²) in [5.41, 5.74) is 3.19. The van der Waals surface area contributed by atoms with Crippen LogP contribution in [0.15, 0.2) is 42.5 Å². The summed E-state index contributed by atoms with van der Waals surface area (Å²) in [5, 5.41) is 16.1. The third-order valence-electron chi connectivity index (χ3n) is 8.27. The summed E-state index contributed by atoms with van der Waals surface area (Å²) in [7, 11) is 6.25. The van der Waals surface area contributed by atoms with Crippen molar-refractivity contribution in [2.75, 3.05) is 71.9 Å². The Balaban J connectivity index is 0.00000323. The number of nitrogens with zero attached hydrogens (tertiary/aromatic N) is 3. The monoisotopic (exact) mass is 637 g/mol. The van der Waals surface area contributed by atoms with E-state index < -0.39 is 0 Å². The maximum absolute atomic E-state index is 13.1. The van der Waals surface area contributed by atoms with Crippen LogP contribution >= 0.6 is 24.8 Å². The first kappa shape index (κ1) is 36.5. The van der Waals surface area contributed by atoms with Gasteiger partial charge in [0.05, 0.1) is 13.2 Å². The quantitative estimate of drug-likeness (QED) is 0.386. The molecule has 0 aliphatic carbocycles. The SMILES string of the molecule is CN(C)CCN(C)c1ccc2c(c1)CNCC(=O)N1CC[C@@H](CC(=O)NCCc3cccc(O)c3)[C@@H](CCCO2)C1.Cl.Cl. The fourth-order valence-electron chi connectivity index (χ4n) is 5.78. The van der Waals surface area contributed by atoms with Gasteiger partial charge < -0.3 is 35.2 Å². The second kappa shape index (κ2) is 18.2. The molecule has 43 heavy (non-hydrogen) atoms. The Bertz CT molecular complexity index is 1170. The maximum Gasteiger partial charge on any atom is 0.236 e. The average molecular weight is 639 g/mol. The van der Waals surface area contributed by atoms with Crippen LogP contribution in [0.5, 0.6) is 11.5 Å². The number of aromatic hydroxyl groups is 1. The van der Waals surface area contributed by atoms with Crippen LogP contribution in [-0.4, -0.2) is 93.7 Å². The van der Waals surface area contributed by atoms with Gasteiger partial charge in [-0.05, 0) is 87.5 Å². The van der Waals surface area contributed by atoms with Crippen molar-refractivity contribution in [3.8, 4) is 11.5 Å². The van der Waals surface area contributed by atoms with E-state index in [0.29, 0.717) is 45.6 Å². The molecule has 2 aliphatic rings. The lowest BCUT2D eigenvalue weighted by molar-refractivity contribution is -0.133. The summed E-state index contributed by atoms with van der Waals surface area (Å²) in [6.07, 6.45) is 3.77. The van der Waals surface area contributed by atoms with Crippen molar-refractivity contribution in [2.45, 2.75) is 38.6 Å². The van der Waals surface area contributed by atoms with Crippen LogP contribution in [0.1, 0.15) is 36.8 Å². The lowest BCUT2D eigenvalue weighted by atomic mass is 9.80. The normalized spacial score (nSPS) is 18.9. The number of hydrogen-bond donors (Lipinski definition) is 3. The zero-order valence-corrected chi connectivity index (χ0v) is 27.4. The molecule has 0 spiro atoms. The van der Waals surface area contributed by atoms with Gasteiger partial charge in [-0.2, -0.15) is 0 Å². The van der Waals surface area contributed by atoms with Crippen LogP contribution in [0.4, 0.5) is 5.69 Å². The van der Waals surface area contributed by atoms with Crippen molar-refractivity contribution in [1.29, 1.82) is 0 Å². The summed E-state index contributed by atoms with van der Waals surface area (Å²) in [6, 6.07) is 13.4. The van der Waals surface area contributed by atoms with E-state index in [1.807, 2.05) is 23.1 Å². The molecule has 2 aromatic carbocycles. The highest BCUT2D eigenvalue weighted by Gasteiger charge is 2.32. The first-order valence-corrected chi connectivity index (χ1v) is 14.9. The molecule has 1 fully saturated rings. The maximum atomic E-state index is 13.1. The van der Waals surface area contributed by atoms with Crippen molar-refractivity contribution in [1.82, 2.24) is 20.4 Å². The predicted molar refractivity (Wildman–Crippen MR) is 177 cm³/mol. The average Bonchev–Trinajstić information content (AvgIpc) is 2.95. The molecule has 3 N–H and O–H groups in total. The molecule has 2 aliphatic heterocycles. The van der Waals surface area contributed by atoms with Gasteiger partial charge >= 0.3 is 0 Å². The molecule has 0 aromatic heterocycles. The fraction of sp³-hybridized carbons (Fsp3) is 0.562. The largest absolute Gasteiger partial charge is 0.508 e. The van der Waals surface area contributed by atoms with E-state index in [2.05, 4.69) is 53.7 Å². The van der Waals surface area contributed by atoms with E-state index in [4.69, 9.17) is 4.74 Å². The number of carbonyl (C=O) groups is 2. The Labute approximate surface area is 269 Å². The number of phenols is 1. The highest BCUT2D eigenvalue weighted by Crippen LogP contribution is 2.31. The number of piperidine rings is 1. The molecule has 2 amide bonds. The lowest BCUT2D eigenvalue weighted by Crippen LogP contribution is -2.47. The van der Waals surface area contributed by atoms with E-state index in [-0.39, 0.29) is 60.8 Å². The number of likely N-dealkylation sites (N-methyl/N-ethyl adjacent to an activating group) is 2. The van der Waals surface area contributed by atoms with Crippen LogP contribution in [0.3, 0.4) is 0 Å². The Morgan fingerprint density at radius 2 is 1.91 bits per heavy atom. The van der Waals surface area contributed by atoms with Gasteiger partial charge in [-0.3, -0.25) is 9.59 Å². The zero-order valence-electron chi connectivity index (χ0n) is 25.7. The molecule has 11 heteroatoms. The van der Waals surface area contributed by atoms with Crippen LogP contribution in [0.2, 0.25) is 0 Å². The van der Waals surface area contributed by atoms with Crippen molar-refractivity contribution >= 4 is 42.3 Å². The molecule has 1 saturated heterocycles. The summed E-state index contributed by atoms with van der Waals surface area (Å²) >= 11 is 0. The second-order valence-corrected chi connectivity index (χ2v) is 11.7. The highest BCUT2D eigenvalue weighted by atomic mass is 35.5. The molecule has 2 heterocycles. The number of phenolic OH excluding ortho intramolecular Hbond substituents is 1. The molecule has 2 bridgehead atoms. The number of amides is 2. The minimum Gasteiger partial charge on any atom is -0.508 e. The standard InChI is InChI=1S/C32H47N5O4.2ClH/c1-35(2)15-16-36(3)28-9-10-30-27(19-28)21-33-22-32(40)37-14-12-25(26(23-37)7-5-17-41-30)20-31(39)34-13-11-24-6-4-8-29(38)18-24;;/h4,6,8-10,18-19,25-26,33,38H,5,7,11-17,20-23H2,1-3H3,(H,34,39);2*1H/t25-,26-;;/m0../s1. The summed E-state index contributed by atoms with van der Waals surface area (Å²) in [4.78, 5) is 32.3. The number of rotatable bonds is 9. The number of fused-ring (bicyclic) bond motifs is 3. The Hall–Kier alpha value is -2.72. The van der Waals surface area contributed by atoms with Crippen LogP contribution in [-0.2, 0) is 22.6 Å². The van der Waals surface area contributed by atoms with Crippen LogP contribution in [0, 0.1) is 11.8 Å². The van der Waals surface area contributed by atoms with Gasteiger partial charge in [-0.25, -0.2) is 0 Å². The van der Waals surface area contributed by atoms with Gasteiger partial charge in [0, 0.05) is 64.0 Å². The molecular formula is C32H49Cl2N5O4. The lowest BCUT2D eigenvalue weighted by Gasteiger charge is -2.38. The van der Waals surface area contributed by atoms with Gasteiger partial charge in [-0.1, -0.05) is 12.1 Å². The predicted octanol–water partition coefficient (Wildman–Crippen LogP) is 3.71. The van der Waals surface area contributed by atoms with Gasteiger partial charge in [0.15, 0.2) is 0 Å². The second-order valence-electron chi connectivity index (χ2n) is 11.7. The van der Waals surface area contributed by atoms with E-state index >= 15 is 0 Å². The Morgan fingerprint density at radius 1 is 1.09 bits per heavy atom. The molecule has 2 atom stereocenters. The Morgan fingerprint density at radius 3 is 2.67 bits per heavy atom. The van der Waals surface area contributed by atoms with Gasteiger partial charge in [0.1, 0.15) is 11.5 Å². The van der Waals surface area contributed by atoms with Crippen molar-refractivity contribution in [3.63, 3.8) is 0 Å². The summed E-state index contributed by atoms with van der Waals surface area (Å²) in [5.74, 6) is 1.77. The molecular weight excluding hydrogens is 589 g/mol. The van der Waals surface area contributed by atoms with E-state index in [9.17, 15) is 14.7 Å².